The number of rotatable bonds is 3. The summed E-state index contributed by atoms with van der Waals surface area (Å²) in [5.41, 5.74) is 5.61. The van der Waals surface area contributed by atoms with Crippen molar-refractivity contribution >= 4 is 57.3 Å². The number of halogens is 2. The highest BCUT2D eigenvalue weighted by Gasteiger charge is 2.23. The van der Waals surface area contributed by atoms with Gasteiger partial charge in [0.1, 0.15) is 0 Å². The molecule has 0 radical (unpaired) electrons. The molecule has 5 rings (SSSR count). The Kier molecular flexibility index (Phi) is 4.42. The van der Waals surface area contributed by atoms with Gasteiger partial charge in [0, 0.05) is 46.0 Å². The summed E-state index contributed by atoms with van der Waals surface area (Å²) in [6, 6.07) is 21.6. The van der Waals surface area contributed by atoms with Gasteiger partial charge >= 0.3 is 0 Å². The molecule has 1 N–H and O–H groups in total. The Morgan fingerprint density at radius 1 is 0.931 bits per heavy atom. The van der Waals surface area contributed by atoms with Crippen molar-refractivity contribution in [3.8, 4) is 0 Å². The molecule has 2 heterocycles. The number of carbonyl (C=O) groups is 1. The van der Waals surface area contributed by atoms with E-state index in [1.165, 1.54) is 0 Å². The molecule has 0 atom stereocenters. The van der Waals surface area contributed by atoms with E-state index >= 15 is 0 Å². The van der Waals surface area contributed by atoms with Gasteiger partial charge in [-0.05, 0) is 35.9 Å². The van der Waals surface area contributed by atoms with Crippen LogP contribution >= 0.6 is 23.2 Å². The molecule has 1 aliphatic rings. The maximum Gasteiger partial charge on any atom is 0.256 e. The van der Waals surface area contributed by atoms with Crippen molar-refractivity contribution in [2.24, 2.45) is 0 Å². The van der Waals surface area contributed by atoms with E-state index in [1.807, 2.05) is 60.7 Å². The number of nitrogens with one attached hydrogen (secondary N) is 1. The van der Waals surface area contributed by atoms with Crippen LogP contribution in [0.15, 0.2) is 72.9 Å². The summed E-state index contributed by atoms with van der Waals surface area (Å²) >= 11 is 12.2. The van der Waals surface area contributed by atoms with E-state index in [0.717, 1.165) is 33.3 Å². The molecule has 4 aromatic rings. The lowest BCUT2D eigenvalue weighted by Crippen LogP contribution is -2.03. The van der Waals surface area contributed by atoms with Crippen LogP contribution in [0, 0.1) is 0 Å². The zero-order valence-corrected chi connectivity index (χ0v) is 16.8. The van der Waals surface area contributed by atoms with E-state index in [2.05, 4.69) is 28.2 Å². The van der Waals surface area contributed by atoms with Gasteiger partial charge in [0.05, 0.1) is 10.0 Å². The van der Waals surface area contributed by atoms with E-state index in [9.17, 15) is 4.79 Å². The van der Waals surface area contributed by atoms with Gasteiger partial charge in [-0.3, -0.25) is 4.79 Å². The van der Waals surface area contributed by atoms with Crippen LogP contribution in [0.5, 0.6) is 0 Å². The standard InChI is InChI=1S/C24H16Cl2N2O/c25-20-10-9-15(11-21(20)26)13-28-14-16(17-5-2-4-8-23(17)28)12-19-18-6-1-3-7-22(18)27-24(19)29/h1-12,14H,13H2,(H,27,29)/b19-12-. The molecule has 0 spiro atoms. The summed E-state index contributed by atoms with van der Waals surface area (Å²) in [6.07, 6.45) is 4.04. The maximum atomic E-state index is 12.5. The molecule has 1 aromatic heterocycles. The summed E-state index contributed by atoms with van der Waals surface area (Å²) in [5, 5.41) is 5.12. The molecule has 142 valence electrons. The zero-order chi connectivity index (χ0) is 20.0. The minimum absolute atomic E-state index is 0.0764. The summed E-state index contributed by atoms with van der Waals surface area (Å²) in [4.78, 5) is 12.5. The summed E-state index contributed by atoms with van der Waals surface area (Å²) in [5.74, 6) is -0.0764. The Labute approximate surface area is 178 Å². The molecule has 0 saturated heterocycles. The minimum atomic E-state index is -0.0764. The Morgan fingerprint density at radius 2 is 1.72 bits per heavy atom. The van der Waals surface area contributed by atoms with Crippen molar-refractivity contribution < 1.29 is 4.79 Å². The number of fused-ring (bicyclic) bond motifs is 2. The SMILES string of the molecule is O=C1Nc2ccccc2/C1=C/c1cn(Cc2ccc(Cl)c(Cl)c2)c2ccccc12. The van der Waals surface area contributed by atoms with Crippen molar-refractivity contribution in [1.82, 2.24) is 4.57 Å². The molecule has 0 aliphatic carbocycles. The number of para-hydroxylation sites is 2. The molecule has 3 nitrogen and oxygen atoms in total. The number of amides is 1. The van der Waals surface area contributed by atoms with Gasteiger partial charge in [0.25, 0.3) is 5.91 Å². The van der Waals surface area contributed by atoms with Crippen LogP contribution in [0.25, 0.3) is 22.6 Å². The van der Waals surface area contributed by atoms with Crippen LogP contribution in [0.3, 0.4) is 0 Å². The fourth-order valence-electron chi connectivity index (χ4n) is 3.79. The predicted molar refractivity (Wildman–Crippen MR) is 120 cm³/mol. The predicted octanol–water partition coefficient (Wildman–Crippen LogP) is 6.49. The molecule has 29 heavy (non-hydrogen) atoms. The second-order valence-electron chi connectivity index (χ2n) is 7.04. The van der Waals surface area contributed by atoms with Crippen molar-refractivity contribution in [2.45, 2.75) is 6.54 Å². The third-order valence-corrected chi connectivity index (χ3v) is 5.91. The fourth-order valence-corrected chi connectivity index (χ4v) is 4.11. The molecule has 1 amide bonds. The number of hydrogen-bond acceptors (Lipinski definition) is 1. The summed E-state index contributed by atoms with van der Waals surface area (Å²) in [6.45, 7) is 0.656. The summed E-state index contributed by atoms with van der Waals surface area (Å²) < 4.78 is 2.17. The number of nitrogens with zero attached hydrogens (tertiary/aromatic N) is 1. The Balaban J connectivity index is 1.61. The van der Waals surface area contributed by atoms with Gasteiger partial charge < -0.3 is 9.88 Å². The number of aromatic nitrogens is 1. The second-order valence-corrected chi connectivity index (χ2v) is 7.85. The van der Waals surface area contributed by atoms with E-state index in [1.54, 1.807) is 0 Å². The molecular formula is C24H16Cl2N2O. The number of anilines is 1. The topological polar surface area (TPSA) is 34.0 Å². The number of hydrogen-bond donors (Lipinski definition) is 1. The Bertz CT molecular complexity index is 1300. The maximum absolute atomic E-state index is 12.5. The van der Waals surface area contributed by atoms with Crippen molar-refractivity contribution in [3.63, 3.8) is 0 Å². The first kappa shape index (κ1) is 18.0. The summed E-state index contributed by atoms with van der Waals surface area (Å²) in [7, 11) is 0. The molecule has 0 bridgehead atoms. The van der Waals surface area contributed by atoms with Crippen LogP contribution in [-0.4, -0.2) is 10.5 Å². The highest BCUT2D eigenvalue weighted by Crippen LogP contribution is 2.34. The van der Waals surface area contributed by atoms with Gasteiger partial charge in [-0.25, -0.2) is 0 Å². The van der Waals surface area contributed by atoms with E-state index in [-0.39, 0.29) is 5.91 Å². The first-order valence-corrected chi connectivity index (χ1v) is 10.00. The number of benzene rings is 3. The lowest BCUT2D eigenvalue weighted by molar-refractivity contribution is -0.110. The van der Waals surface area contributed by atoms with E-state index in [4.69, 9.17) is 23.2 Å². The smallest absolute Gasteiger partial charge is 0.256 e. The van der Waals surface area contributed by atoms with Crippen LogP contribution in [-0.2, 0) is 11.3 Å². The third kappa shape index (κ3) is 3.23. The van der Waals surface area contributed by atoms with Crippen molar-refractivity contribution in [3.05, 3.63) is 99.7 Å². The van der Waals surface area contributed by atoms with Gasteiger partial charge in [0.2, 0.25) is 0 Å². The van der Waals surface area contributed by atoms with Crippen LogP contribution in [0.4, 0.5) is 5.69 Å². The Morgan fingerprint density at radius 3 is 2.59 bits per heavy atom. The molecule has 0 saturated carbocycles. The van der Waals surface area contributed by atoms with Crippen LogP contribution in [0.2, 0.25) is 10.0 Å². The molecule has 0 fully saturated rings. The average Bonchev–Trinajstić information content (AvgIpc) is 3.23. The van der Waals surface area contributed by atoms with Gasteiger partial charge in [0.15, 0.2) is 0 Å². The third-order valence-electron chi connectivity index (χ3n) is 5.17. The minimum Gasteiger partial charge on any atom is -0.342 e. The molecular weight excluding hydrogens is 403 g/mol. The highest BCUT2D eigenvalue weighted by atomic mass is 35.5. The van der Waals surface area contributed by atoms with Crippen molar-refractivity contribution in [2.75, 3.05) is 5.32 Å². The lowest BCUT2D eigenvalue weighted by Gasteiger charge is -2.06. The first-order chi connectivity index (χ1) is 14.1. The monoisotopic (exact) mass is 418 g/mol. The van der Waals surface area contributed by atoms with Crippen LogP contribution in [0.1, 0.15) is 16.7 Å². The first-order valence-electron chi connectivity index (χ1n) is 9.24. The van der Waals surface area contributed by atoms with Crippen LogP contribution < -0.4 is 5.32 Å². The van der Waals surface area contributed by atoms with E-state index < -0.39 is 0 Å². The fraction of sp³-hybridized carbons (Fsp3) is 0.0417. The average molecular weight is 419 g/mol. The lowest BCUT2D eigenvalue weighted by atomic mass is 10.0. The number of carbonyl (C=O) groups excluding carboxylic acids is 1. The second kappa shape index (κ2) is 7.11. The van der Waals surface area contributed by atoms with Gasteiger partial charge in [-0.1, -0.05) is 65.7 Å². The van der Waals surface area contributed by atoms with Gasteiger partial charge in [-0.15, -0.1) is 0 Å². The largest absolute Gasteiger partial charge is 0.342 e. The van der Waals surface area contributed by atoms with E-state index in [0.29, 0.717) is 22.2 Å². The zero-order valence-electron chi connectivity index (χ0n) is 15.3. The van der Waals surface area contributed by atoms with Gasteiger partial charge in [-0.2, -0.15) is 0 Å². The quantitative estimate of drug-likeness (QED) is 0.379. The Hall–Kier alpha value is -3.01. The normalized spacial score (nSPS) is 14.4. The molecule has 1 aliphatic heterocycles. The molecule has 3 aromatic carbocycles. The van der Waals surface area contributed by atoms with Crippen molar-refractivity contribution in [1.29, 1.82) is 0 Å². The molecule has 0 unspecified atom stereocenters. The molecule has 5 heteroatoms. The highest BCUT2D eigenvalue weighted by molar-refractivity contribution is 6.42.